The molecule has 0 saturated carbocycles. The first-order chi connectivity index (χ1) is 6.00. The number of hydrogen-bond acceptors (Lipinski definition) is 2. The zero-order chi connectivity index (χ0) is 10.4. The van der Waals surface area contributed by atoms with E-state index in [0.29, 0.717) is 18.1 Å². The van der Waals surface area contributed by atoms with Crippen molar-refractivity contribution < 1.29 is 0 Å². The first kappa shape index (κ1) is 12.9. The van der Waals surface area contributed by atoms with Gasteiger partial charge in [0.25, 0.3) is 0 Å². The lowest BCUT2D eigenvalue weighted by Gasteiger charge is -2.36. The second-order valence-electron chi connectivity index (χ2n) is 4.41. The van der Waals surface area contributed by atoms with Gasteiger partial charge in [0.05, 0.1) is 0 Å². The minimum Gasteiger partial charge on any atom is -0.330 e. The van der Waals surface area contributed by atoms with Crippen molar-refractivity contribution in [3.8, 4) is 0 Å². The van der Waals surface area contributed by atoms with Crippen molar-refractivity contribution >= 4 is 0 Å². The normalized spacial score (nSPS) is 14.5. The number of nitrogens with two attached hydrogens (primary N) is 1. The topological polar surface area (TPSA) is 29.3 Å². The molecule has 0 bridgehead atoms. The molecule has 0 spiro atoms. The lowest BCUT2D eigenvalue weighted by Crippen LogP contribution is -2.43. The molecule has 2 nitrogen and oxygen atoms in total. The van der Waals surface area contributed by atoms with Crippen molar-refractivity contribution in [3.63, 3.8) is 0 Å². The third-order valence-electron chi connectivity index (χ3n) is 2.53. The fourth-order valence-electron chi connectivity index (χ4n) is 2.18. The maximum Gasteiger partial charge on any atom is 0.00728 e. The van der Waals surface area contributed by atoms with Gasteiger partial charge < -0.3 is 5.73 Å². The van der Waals surface area contributed by atoms with Crippen LogP contribution in [0.25, 0.3) is 0 Å². The Labute approximate surface area is 83.5 Å². The summed E-state index contributed by atoms with van der Waals surface area (Å²) in [6, 6.07) is 1.92. The molecule has 0 fully saturated rings. The van der Waals surface area contributed by atoms with Crippen LogP contribution in [0, 0.1) is 0 Å². The zero-order valence-corrected chi connectivity index (χ0v) is 9.88. The first-order valence-electron chi connectivity index (χ1n) is 5.48. The van der Waals surface area contributed by atoms with Crippen LogP contribution in [-0.2, 0) is 0 Å². The van der Waals surface area contributed by atoms with Crippen molar-refractivity contribution in [2.45, 2.75) is 65.6 Å². The van der Waals surface area contributed by atoms with Gasteiger partial charge in [-0.3, -0.25) is 4.90 Å². The van der Waals surface area contributed by atoms with Gasteiger partial charge in [0.15, 0.2) is 0 Å². The van der Waals surface area contributed by atoms with Crippen molar-refractivity contribution in [1.29, 1.82) is 0 Å². The highest BCUT2D eigenvalue weighted by atomic mass is 15.2. The van der Waals surface area contributed by atoms with E-state index in [9.17, 15) is 0 Å². The molecule has 0 aromatic rings. The SMILES string of the molecule is CC(C)N(C(C)C)C(C)CCCN. The summed E-state index contributed by atoms with van der Waals surface area (Å²) in [4.78, 5) is 2.55. The van der Waals surface area contributed by atoms with Crippen LogP contribution in [-0.4, -0.2) is 29.6 Å². The molecule has 0 radical (unpaired) electrons. The first-order valence-corrected chi connectivity index (χ1v) is 5.48. The van der Waals surface area contributed by atoms with Crippen molar-refractivity contribution in [2.75, 3.05) is 6.54 Å². The molecule has 0 aromatic heterocycles. The van der Waals surface area contributed by atoms with E-state index in [1.165, 1.54) is 6.42 Å². The summed E-state index contributed by atoms with van der Waals surface area (Å²) >= 11 is 0. The quantitative estimate of drug-likeness (QED) is 0.689. The third kappa shape index (κ3) is 4.63. The predicted molar refractivity (Wildman–Crippen MR) is 59.9 cm³/mol. The van der Waals surface area contributed by atoms with Crippen molar-refractivity contribution in [3.05, 3.63) is 0 Å². The summed E-state index contributed by atoms with van der Waals surface area (Å²) in [5.41, 5.74) is 5.51. The van der Waals surface area contributed by atoms with Gasteiger partial charge in [0.2, 0.25) is 0 Å². The molecule has 2 N–H and O–H groups in total. The Balaban J connectivity index is 4.04. The Morgan fingerprint density at radius 2 is 1.46 bits per heavy atom. The molecule has 1 atom stereocenters. The van der Waals surface area contributed by atoms with Crippen LogP contribution in [0.1, 0.15) is 47.5 Å². The summed E-state index contributed by atoms with van der Waals surface area (Å²) in [7, 11) is 0. The monoisotopic (exact) mass is 186 g/mol. The highest BCUT2D eigenvalue weighted by Gasteiger charge is 2.19. The van der Waals surface area contributed by atoms with Crippen LogP contribution < -0.4 is 5.73 Å². The molecular formula is C11H26N2. The molecule has 0 amide bonds. The van der Waals surface area contributed by atoms with Crippen LogP contribution >= 0.6 is 0 Å². The third-order valence-corrected chi connectivity index (χ3v) is 2.53. The minimum absolute atomic E-state index is 0.632. The second kappa shape index (κ2) is 6.39. The van der Waals surface area contributed by atoms with Crippen LogP contribution in [0.5, 0.6) is 0 Å². The summed E-state index contributed by atoms with van der Waals surface area (Å²) in [5, 5.41) is 0. The molecule has 80 valence electrons. The van der Waals surface area contributed by atoms with E-state index in [1.54, 1.807) is 0 Å². The Morgan fingerprint density at radius 1 is 1.00 bits per heavy atom. The summed E-state index contributed by atoms with van der Waals surface area (Å²) in [6.07, 6.45) is 2.35. The van der Waals surface area contributed by atoms with Gasteiger partial charge in [-0.1, -0.05) is 0 Å². The summed E-state index contributed by atoms with van der Waals surface area (Å²) in [5.74, 6) is 0. The highest BCUT2D eigenvalue weighted by Crippen LogP contribution is 2.14. The Hall–Kier alpha value is -0.0800. The molecule has 0 aromatic carbocycles. The van der Waals surface area contributed by atoms with Gasteiger partial charge in [0.1, 0.15) is 0 Å². The fourth-order valence-corrected chi connectivity index (χ4v) is 2.18. The van der Waals surface area contributed by atoms with Crippen molar-refractivity contribution in [1.82, 2.24) is 4.90 Å². The smallest absolute Gasteiger partial charge is 0.00728 e. The molecule has 0 rings (SSSR count). The van der Waals surface area contributed by atoms with Crippen LogP contribution in [0.2, 0.25) is 0 Å². The highest BCUT2D eigenvalue weighted by molar-refractivity contribution is 4.74. The number of hydrogen-bond donors (Lipinski definition) is 1. The molecule has 0 saturated heterocycles. The van der Waals surface area contributed by atoms with Gasteiger partial charge in [-0.05, 0) is 54.0 Å². The molecular weight excluding hydrogens is 160 g/mol. The van der Waals surface area contributed by atoms with E-state index in [4.69, 9.17) is 5.73 Å². The van der Waals surface area contributed by atoms with Gasteiger partial charge >= 0.3 is 0 Å². The van der Waals surface area contributed by atoms with Crippen molar-refractivity contribution in [2.24, 2.45) is 5.73 Å². The Morgan fingerprint density at radius 3 is 1.77 bits per heavy atom. The maximum atomic E-state index is 5.51. The van der Waals surface area contributed by atoms with Crippen LogP contribution in [0.4, 0.5) is 0 Å². The minimum atomic E-state index is 0.632. The summed E-state index contributed by atoms with van der Waals surface area (Å²) < 4.78 is 0. The molecule has 13 heavy (non-hydrogen) atoms. The largest absolute Gasteiger partial charge is 0.330 e. The number of rotatable bonds is 6. The predicted octanol–water partition coefficient (Wildman–Crippen LogP) is 2.23. The van der Waals surface area contributed by atoms with E-state index >= 15 is 0 Å². The average molecular weight is 186 g/mol. The standard InChI is InChI=1S/C11H26N2/c1-9(2)13(10(3)4)11(5)7-6-8-12/h9-11H,6-8,12H2,1-5H3. The molecule has 0 heterocycles. The van der Waals surface area contributed by atoms with Gasteiger partial charge in [0, 0.05) is 18.1 Å². The second-order valence-corrected chi connectivity index (χ2v) is 4.41. The Bertz CT molecular complexity index is 113. The molecule has 0 aliphatic carbocycles. The number of nitrogens with zero attached hydrogens (tertiary/aromatic N) is 1. The van der Waals surface area contributed by atoms with Gasteiger partial charge in [-0.15, -0.1) is 0 Å². The van der Waals surface area contributed by atoms with E-state index in [1.807, 2.05) is 0 Å². The molecule has 0 aliphatic heterocycles. The van der Waals surface area contributed by atoms with E-state index in [-0.39, 0.29) is 0 Å². The zero-order valence-electron chi connectivity index (χ0n) is 9.88. The summed E-state index contributed by atoms with van der Waals surface area (Å²) in [6.45, 7) is 12.2. The fraction of sp³-hybridized carbons (Fsp3) is 1.00. The van der Waals surface area contributed by atoms with E-state index in [2.05, 4.69) is 39.5 Å². The molecule has 1 unspecified atom stereocenters. The maximum absolute atomic E-state index is 5.51. The van der Waals surface area contributed by atoms with E-state index < -0.39 is 0 Å². The average Bonchev–Trinajstić information content (AvgIpc) is 1.99. The van der Waals surface area contributed by atoms with Gasteiger partial charge in [-0.25, -0.2) is 0 Å². The van der Waals surface area contributed by atoms with E-state index in [0.717, 1.165) is 13.0 Å². The lowest BCUT2D eigenvalue weighted by molar-refractivity contribution is 0.116. The molecule has 0 aliphatic rings. The molecule has 2 heteroatoms. The van der Waals surface area contributed by atoms with Gasteiger partial charge in [-0.2, -0.15) is 0 Å². The Kier molecular flexibility index (Phi) is 6.35. The lowest BCUT2D eigenvalue weighted by atomic mass is 10.1. The van der Waals surface area contributed by atoms with Crippen LogP contribution in [0.3, 0.4) is 0 Å². The van der Waals surface area contributed by atoms with Crippen LogP contribution in [0.15, 0.2) is 0 Å².